The molecule has 1 heterocycles. The van der Waals surface area contributed by atoms with E-state index in [1.54, 1.807) is 14.2 Å². The van der Waals surface area contributed by atoms with Gasteiger partial charge in [0.2, 0.25) is 0 Å². The minimum atomic E-state index is 0. The number of rotatable bonds is 8. The van der Waals surface area contributed by atoms with Crippen LogP contribution in [0.25, 0.3) is 11.3 Å². The maximum absolute atomic E-state index is 5.58. The molecule has 0 aliphatic rings. The van der Waals surface area contributed by atoms with Gasteiger partial charge in [-0.1, -0.05) is 36.4 Å². The fourth-order valence-corrected chi connectivity index (χ4v) is 3.17. The Balaban J connectivity index is 0.00000341. The topological polar surface area (TPSA) is 74.8 Å². The highest BCUT2D eigenvalue weighted by Gasteiger charge is 2.11. The lowest BCUT2D eigenvalue weighted by Gasteiger charge is -2.21. The first-order valence-corrected chi connectivity index (χ1v) is 9.95. The molecule has 0 saturated carbocycles. The van der Waals surface area contributed by atoms with Crippen LogP contribution in [0.1, 0.15) is 18.3 Å². The van der Waals surface area contributed by atoms with Crippen molar-refractivity contribution in [2.24, 2.45) is 4.99 Å². The summed E-state index contributed by atoms with van der Waals surface area (Å²) >= 11 is 0. The molecule has 0 atom stereocenters. The van der Waals surface area contributed by atoms with Crippen molar-refractivity contribution in [2.45, 2.75) is 20.0 Å². The van der Waals surface area contributed by atoms with Crippen LogP contribution in [0.3, 0.4) is 0 Å². The molecule has 0 aliphatic heterocycles. The van der Waals surface area contributed by atoms with Gasteiger partial charge in [-0.05, 0) is 30.2 Å². The van der Waals surface area contributed by atoms with Crippen LogP contribution < -0.4 is 14.8 Å². The summed E-state index contributed by atoms with van der Waals surface area (Å²) in [6, 6.07) is 16.1. The number of H-pyrrole nitrogens is 1. The smallest absolute Gasteiger partial charge is 0.194 e. The number of aliphatic imine (C=N–C) groups is 1. The van der Waals surface area contributed by atoms with Crippen molar-refractivity contribution in [3.8, 4) is 22.8 Å². The van der Waals surface area contributed by atoms with E-state index < -0.39 is 0 Å². The normalized spacial score (nSPS) is 10.9. The molecular weight excluding hydrogens is 505 g/mol. The number of benzene rings is 2. The quantitative estimate of drug-likeness (QED) is 0.256. The number of aromatic nitrogens is 2. The second-order valence-corrected chi connectivity index (χ2v) is 6.78. The van der Waals surface area contributed by atoms with E-state index in [0.29, 0.717) is 19.7 Å². The Morgan fingerprint density at radius 2 is 1.94 bits per heavy atom. The Morgan fingerprint density at radius 3 is 2.61 bits per heavy atom. The second kappa shape index (κ2) is 12.2. The molecule has 3 rings (SSSR count). The van der Waals surface area contributed by atoms with Crippen molar-refractivity contribution in [1.29, 1.82) is 0 Å². The summed E-state index contributed by atoms with van der Waals surface area (Å²) in [5.41, 5.74) is 3.20. The standard InChI is InChI=1S/C23H29N5O2.HI/c1-5-30-20-12-11-17(13-21(20)29-4)14-26-23(24-2)28(3)16-22-25-15-19(27-22)18-9-7-6-8-10-18;/h6-13,15H,5,14,16H2,1-4H3,(H,24,26)(H,25,27);1H. The number of methoxy groups -OCH3 is 1. The Morgan fingerprint density at radius 1 is 1.16 bits per heavy atom. The molecule has 2 N–H and O–H groups in total. The van der Waals surface area contributed by atoms with E-state index in [2.05, 4.69) is 32.4 Å². The van der Waals surface area contributed by atoms with Gasteiger partial charge in [0, 0.05) is 20.6 Å². The highest BCUT2D eigenvalue weighted by atomic mass is 127. The SMILES string of the molecule is CCOc1ccc(CNC(=NC)N(C)Cc2ncc(-c3ccccc3)[nH]2)cc1OC.I. The molecule has 1 aromatic heterocycles. The molecule has 8 heteroatoms. The predicted molar refractivity (Wildman–Crippen MR) is 135 cm³/mol. The number of halogens is 1. The summed E-state index contributed by atoms with van der Waals surface area (Å²) in [5, 5.41) is 3.38. The minimum Gasteiger partial charge on any atom is -0.493 e. The maximum atomic E-state index is 5.58. The zero-order valence-corrected chi connectivity index (χ0v) is 20.7. The van der Waals surface area contributed by atoms with E-state index in [-0.39, 0.29) is 24.0 Å². The van der Waals surface area contributed by atoms with Crippen LogP contribution in [0.4, 0.5) is 0 Å². The summed E-state index contributed by atoms with van der Waals surface area (Å²) < 4.78 is 11.0. The van der Waals surface area contributed by atoms with Crippen molar-refractivity contribution in [1.82, 2.24) is 20.2 Å². The summed E-state index contributed by atoms with van der Waals surface area (Å²) in [6.07, 6.45) is 1.86. The van der Waals surface area contributed by atoms with Gasteiger partial charge in [0.05, 0.1) is 32.2 Å². The molecule has 0 bridgehead atoms. The maximum Gasteiger partial charge on any atom is 0.194 e. The highest BCUT2D eigenvalue weighted by Crippen LogP contribution is 2.28. The molecule has 2 aromatic carbocycles. The van der Waals surface area contributed by atoms with E-state index >= 15 is 0 Å². The molecule has 0 spiro atoms. The fourth-order valence-electron chi connectivity index (χ4n) is 3.17. The molecule has 31 heavy (non-hydrogen) atoms. The fraction of sp³-hybridized carbons (Fsp3) is 0.304. The molecule has 0 saturated heterocycles. The van der Waals surface area contributed by atoms with Gasteiger partial charge >= 0.3 is 0 Å². The first-order chi connectivity index (χ1) is 14.6. The van der Waals surface area contributed by atoms with E-state index in [9.17, 15) is 0 Å². The Bertz CT molecular complexity index is 975. The number of hydrogen-bond acceptors (Lipinski definition) is 4. The van der Waals surface area contributed by atoms with Crippen LogP contribution in [0.15, 0.2) is 59.7 Å². The molecule has 7 nitrogen and oxygen atoms in total. The van der Waals surface area contributed by atoms with Crippen LogP contribution in [0.2, 0.25) is 0 Å². The van der Waals surface area contributed by atoms with Crippen LogP contribution in [0.5, 0.6) is 11.5 Å². The Hall–Kier alpha value is -2.75. The van der Waals surface area contributed by atoms with Crippen LogP contribution >= 0.6 is 24.0 Å². The number of ether oxygens (including phenoxy) is 2. The molecule has 0 aliphatic carbocycles. The van der Waals surface area contributed by atoms with Gasteiger partial charge in [0.25, 0.3) is 0 Å². The predicted octanol–water partition coefficient (Wildman–Crippen LogP) is 4.31. The largest absolute Gasteiger partial charge is 0.493 e. The average molecular weight is 535 g/mol. The molecule has 166 valence electrons. The summed E-state index contributed by atoms with van der Waals surface area (Å²) in [4.78, 5) is 14.3. The van der Waals surface area contributed by atoms with E-state index in [1.807, 2.05) is 61.5 Å². The van der Waals surface area contributed by atoms with Gasteiger partial charge in [-0.3, -0.25) is 4.99 Å². The van der Waals surface area contributed by atoms with E-state index in [0.717, 1.165) is 40.1 Å². The number of nitrogens with zero attached hydrogens (tertiary/aromatic N) is 3. The third kappa shape index (κ3) is 6.61. The molecular formula is C23H30IN5O2. The van der Waals surface area contributed by atoms with Gasteiger partial charge in [-0.25, -0.2) is 4.98 Å². The van der Waals surface area contributed by atoms with E-state index in [1.165, 1.54) is 0 Å². The minimum absolute atomic E-state index is 0. The lowest BCUT2D eigenvalue weighted by atomic mass is 10.2. The molecule has 0 fully saturated rings. The molecule has 0 radical (unpaired) electrons. The zero-order valence-electron chi connectivity index (χ0n) is 18.4. The summed E-state index contributed by atoms with van der Waals surface area (Å²) in [7, 11) is 5.41. The second-order valence-electron chi connectivity index (χ2n) is 6.78. The Kier molecular flexibility index (Phi) is 9.64. The average Bonchev–Trinajstić information content (AvgIpc) is 3.24. The van der Waals surface area contributed by atoms with Crippen molar-refractivity contribution in [3.05, 3.63) is 66.1 Å². The van der Waals surface area contributed by atoms with Gasteiger partial charge in [0.15, 0.2) is 17.5 Å². The number of aromatic amines is 1. The zero-order chi connectivity index (χ0) is 21.3. The summed E-state index contributed by atoms with van der Waals surface area (Å²) in [5.74, 6) is 3.13. The molecule has 0 unspecified atom stereocenters. The van der Waals surface area contributed by atoms with Crippen molar-refractivity contribution in [3.63, 3.8) is 0 Å². The third-order valence-corrected chi connectivity index (χ3v) is 4.65. The van der Waals surface area contributed by atoms with E-state index in [4.69, 9.17) is 9.47 Å². The van der Waals surface area contributed by atoms with Crippen LogP contribution in [-0.4, -0.2) is 48.6 Å². The van der Waals surface area contributed by atoms with Crippen molar-refractivity contribution >= 4 is 29.9 Å². The Labute approximate surface area is 200 Å². The van der Waals surface area contributed by atoms with Crippen molar-refractivity contribution < 1.29 is 9.47 Å². The first kappa shape index (κ1) is 24.5. The lowest BCUT2D eigenvalue weighted by Crippen LogP contribution is -2.38. The van der Waals surface area contributed by atoms with Gasteiger partial charge in [0.1, 0.15) is 5.82 Å². The molecule has 3 aromatic rings. The lowest BCUT2D eigenvalue weighted by molar-refractivity contribution is 0.310. The summed E-state index contributed by atoms with van der Waals surface area (Å²) in [6.45, 7) is 3.78. The van der Waals surface area contributed by atoms with Crippen molar-refractivity contribution in [2.75, 3.05) is 27.8 Å². The van der Waals surface area contributed by atoms with Gasteiger partial charge in [-0.15, -0.1) is 24.0 Å². The number of imidazole rings is 1. The highest BCUT2D eigenvalue weighted by molar-refractivity contribution is 14.0. The number of guanidine groups is 1. The first-order valence-electron chi connectivity index (χ1n) is 9.95. The monoisotopic (exact) mass is 535 g/mol. The van der Waals surface area contributed by atoms with Gasteiger partial charge in [-0.2, -0.15) is 0 Å². The van der Waals surface area contributed by atoms with Crippen LogP contribution in [0, 0.1) is 0 Å². The van der Waals surface area contributed by atoms with Crippen LogP contribution in [-0.2, 0) is 13.1 Å². The van der Waals surface area contributed by atoms with Gasteiger partial charge < -0.3 is 24.7 Å². The number of nitrogens with one attached hydrogen (secondary N) is 2. The third-order valence-electron chi connectivity index (χ3n) is 4.65. The number of hydrogen-bond donors (Lipinski definition) is 2. The molecule has 0 amide bonds.